The number of nitrogens with one attached hydrogen (secondary N) is 1. The van der Waals surface area contributed by atoms with Gasteiger partial charge in [0.15, 0.2) is 0 Å². The molecule has 1 atom stereocenters. The molecule has 1 aliphatic carbocycles. The Bertz CT molecular complexity index is 977. The summed E-state index contributed by atoms with van der Waals surface area (Å²) in [4.78, 5) is 15.4. The third kappa shape index (κ3) is 3.09. The number of fused-ring (bicyclic) bond motifs is 5. The quantitative estimate of drug-likeness (QED) is 0.672. The number of nitrogens with zero attached hydrogens (tertiary/aromatic N) is 3. The number of thiophene rings is 1. The van der Waals surface area contributed by atoms with Gasteiger partial charge in [0, 0.05) is 24.2 Å². The zero-order valence-electron chi connectivity index (χ0n) is 15.9. The number of hydrogen-bond donors (Lipinski definition) is 1. The fourth-order valence-electron chi connectivity index (χ4n) is 4.47. The van der Waals surface area contributed by atoms with Crippen molar-refractivity contribution in [2.24, 2.45) is 0 Å². The van der Waals surface area contributed by atoms with E-state index in [1.165, 1.54) is 47.9 Å². The fraction of sp³-hybridized carbons (Fsp3) is 0.571. The second-order valence-electron chi connectivity index (χ2n) is 7.67. The highest BCUT2D eigenvalue weighted by molar-refractivity contribution is 7.26. The highest BCUT2D eigenvalue weighted by Crippen LogP contribution is 2.41. The maximum Gasteiger partial charge on any atom is 0.147 e. The van der Waals surface area contributed by atoms with E-state index in [9.17, 15) is 0 Å². The van der Waals surface area contributed by atoms with Crippen LogP contribution in [0.25, 0.3) is 20.4 Å². The van der Waals surface area contributed by atoms with Gasteiger partial charge in [-0.1, -0.05) is 13.3 Å². The van der Waals surface area contributed by atoms with Crippen molar-refractivity contribution in [1.29, 1.82) is 0 Å². The van der Waals surface area contributed by atoms with Gasteiger partial charge < -0.3 is 10.1 Å². The van der Waals surface area contributed by atoms with Crippen molar-refractivity contribution >= 4 is 37.6 Å². The molecule has 0 unspecified atom stereocenters. The molecule has 27 heavy (non-hydrogen) atoms. The van der Waals surface area contributed by atoms with Crippen molar-refractivity contribution in [3.8, 4) is 0 Å². The Balaban J connectivity index is 1.58. The molecule has 0 bridgehead atoms. The average molecular weight is 383 g/mol. The molecule has 5 rings (SSSR count). The van der Waals surface area contributed by atoms with Crippen molar-refractivity contribution in [2.45, 2.75) is 64.4 Å². The minimum atomic E-state index is 0.299. The molecule has 4 heterocycles. The molecule has 0 aromatic carbocycles. The molecule has 6 heteroatoms. The molecule has 142 valence electrons. The van der Waals surface area contributed by atoms with Crippen molar-refractivity contribution in [1.82, 2.24) is 15.0 Å². The van der Waals surface area contributed by atoms with Gasteiger partial charge in [0.05, 0.1) is 16.3 Å². The van der Waals surface area contributed by atoms with Gasteiger partial charge in [-0.05, 0) is 56.1 Å². The van der Waals surface area contributed by atoms with E-state index in [0.717, 1.165) is 59.7 Å². The standard InChI is InChI=1S/C21H26N4OS/c1-2-3-9-16-14-7-4-8-15(14)17-18-19(27-21(17)25-16)20(24-12-23-18)22-11-13-6-5-10-26-13/h12-13H,2-11H2,1H3,(H,22,23,24)/t13-/m1/s1. The average Bonchev–Trinajstić information content (AvgIpc) is 3.42. The van der Waals surface area contributed by atoms with Gasteiger partial charge in [-0.25, -0.2) is 15.0 Å². The summed E-state index contributed by atoms with van der Waals surface area (Å²) < 4.78 is 6.88. The first-order valence-corrected chi connectivity index (χ1v) is 11.1. The Hall–Kier alpha value is -1.79. The van der Waals surface area contributed by atoms with Gasteiger partial charge >= 0.3 is 0 Å². The zero-order chi connectivity index (χ0) is 18.2. The van der Waals surface area contributed by atoms with Crippen LogP contribution in [-0.4, -0.2) is 34.2 Å². The number of pyridine rings is 1. The molecule has 0 saturated carbocycles. The first-order valence-electron chi connectivity index (χ1n) is 10.3. The van der Waals surface area contributed by atoms with Gasteiger partial charge in [0.25, 0.3) is 0 Å². The lowest BCUT2D eigenvalue weighted by Crippen LogP contribution is -2.18. The molecule has 0 amide bonds. The van der Waals surface area contributed by atoms with Crippen LogP contribution in [0.3, 0.4) is 0 Å². The summed E-state index contributed by atoms with van der Waals surface area (Å²) in [5, 5.41) is 4.80. The van der Waals surface area contributed by atoms with E-state index >= 15 is 0 Å². The highest BCUT2D eigenvalue weighted by Gasteiger charge is 2.24. The number of anilines is 1. The number of aryl methyl sites for hydroxylation is 2. The van der Waals surface area contributed by atoms with Crippen LogP contribution in [0.15, 0.2) is 6.33 Å². The minimum absolute atomic E-state index is 0.299. The molecule has 3 aromatic rings. The molecule has 1 aliphatic heterocycles. The monoisotopic (exact) mass is 382 g/mol. The number of rotatable bonds is 6. The molecule has 3 aromatic heterocycles. The van der Waals surface area contributed by atoms with Crippen LogP contribution < -0.4 is 5.32 Å². The van der Waals surface area contributed by atoms with Gasteiger partial charge in [-0.15, -0.1) is 11.3 Å². The van der Waals surface area contributed by atoms with Gasteiger partial charge in [0.1, 0.15) is 17.0 Å². The Morgan fingerprint density at radius 1 is 1.22 bits per heavy atom. The summed E-state index contributed by atoms with van der Waals surface area (Å²) in [6.45, 7) is 3.94. The lowest BCUT2D eigenvalue weighted by atomic mass is 10.0. The summed E-state index contributed by atoms with van der Waals surface area (Å²) in [6.07, 6.45) is 11.4. The third-order valence-corrected chi connectivity index (χ3v) is 6.93. The summed E-state index contributed by atoms with van der Waals surface area (Å²) in [5.41, 5.74) is 5.40. The van der Waals surface area contributed by atoms with Crippen LogP contribution in [0.4, 0.5) is 5.82 Å². The molecular weight excluding hydrogens is 356 g/mol. The van der Waals surface area contributed by atoms with Gasteiger partial charge in [-0.3, -0.25) is 0 Å². The SMILES string of the molecule is CCCCc1nc2sc3c(NC[C@H]4CCCO4)ncnc3c2c2c1CCC2. The number of ether oxygens (including phenoxy) is 1. The number of unbranched alkanes of at least 4 members (excludes halogenated alkanes) is 1. The maximum atomic E-state index is 5.74. The Morgan fingerprint density at radius 3 is 3.00 bits per heavy atom. The van der Waals surface area contributed by atoms with Crippen molar-refractivity contribution in [3.63, 3.8) is 0 Å². The van der Waals surface area contributed by atoms with Crippen molar-refractivity contribution in [3.05, 3.63) is 23.1 Å². The van der Waals surface area contributed by atoms with Crippen LogP contribution in [0.1, 0.15) is 55.8 Å². The molecule has 1 saturated heterocycles. The minimum Gasteiger partial charge on any atom is -0.376 e. The highest BCUT2D eigenvalue weighted by atomic mass is 32.1. The van der Waals surface area contributed by atoms with E-state index in [2.05, 4.69) is 22.2 Å². The molecule has 5 nitrogen and oxygen atoms in total. The van der Waals surface area contributed by atoms with Crippen LogP contribution in [0.2, 0.25) is 0 Å². The zero-order valence-corrected chi connectivity index (χ0v) is 16.7. The molecule has 1 fully saturated rings. The number of hydrogen-bond acceptors (Lipinski definition) is 6. The van der Waals surface area contributed by atoms with Gasteiger partial charge in [-0.2, -0.15) is 0 Å². The summed E-state index contributed by atoms with van der Waals surface area (Å²) in [7, 11) is 0. The first kappa shape index (κ1) is 17.3. The second kappa shape index (κ2) is 7.32. The Morgan fingerprint density at radius 2 is 2.15 bits per heavy atom. The van der Waals surface area contributed by atoms with E-state index in [0.29, 0.717) is 6.10 Å². The summed E-state index contributed by atoms with van der Waals surface area (Å²) in [6, 6.07) is 0. The van der Waals surface area contributed by atoms with E-state index < -0.39 is 0 Å². The predicted octanol–water partition coefficient (Wildman–Crippen LogP) is 4.66. The van der Waals surface area contributed by atoms with Crippen molar-refractivity contribution in [2.75, 3.05) is 18.5 Å². The Kier molecular flexibility index (Phi) is 4.70. The Labute approximate surface area is 163 Å². The molecule has 1 N–H and O–H groups in total. The van der Waals surface area contributed by atoms with E-state index in [1.54, 1.807) is 17.7 Å². The second-order valence-corrected chi connectivity index (χ2v) is 8.67. The maximum absolute atomic E-state index is 5.74. The largest absolute Gasteiger partial charge is 0.376 e. The molecule has 0 radical (unpaired) electrons. The topological polar surface area (TPSA) is 59.9 Å². The van der Waals surface area contributed by atoms with Crippen LogP contribution in [0, 0.1) is 0 Å². The normalized spacial score (nSPS) is 19.2. The van der Waals surface area contributed by atoms with Crippen LogP contribution >= 0.6 is 11.3 Å². The predicted molar refractivity (Wildman–Crippen MR) is 111 cm³/mol. The fourth-order valence-corrected chi connectivity index (χ4v) is 5.61. The van der Waals surface area contributed by atoms with E-state index in [1.807, 2.05) is 0 Å². The third-order valence-electron chi connectivity index (χ3n) is 5.85. The van der Waals surface area contributed by atoms with E-state index in [4.69, 9.17) is 9.72 Å². The summed E-state index contributed by atoms with van der Waals surface area (Å²) in [5.74, 6) is 0.931. The lowest BCUT2D eigenvalue weighted by Gasteiger charge is -2.11. The van der Waals surface area contributed by atoms with Crippen molar-refractivity contribution < 1.29 is 4.74 Å². The molecular formula is C21H26N4OS. The van der Waals surface area contributed by atoms with Gasteiger partial charge in [0.2, 0.25) is 0 Å². The smallest absolute Gasteiger partial charge is 0.147 e. The summed E-state index contributed by atoms with van der Waals surface area (Å²) >= 11 is 1.74. The van der Waals surface area contributed by atoms with E-state index in [-0.39, 0.29) is 0 Å². The molecule has 2 aliphatic rings. The van der Waals surface area contributed by atoms with Crippen LogP contribution in [-0.2, 0) is 24.0 Å². The van der Waals surface area contributed by atoms with Crippen LogP contribution in [0.5, 0.6) is 0 Å². The number of aromatic nitrogens is 3. The first-order chi connectivity index (χ1) is 13.3. The lowest BCUT2D eigenvalue weighted by molar-refractivity contribution is 0.120. The molecule has 0 spiro atoms.